The fourth-order valence-corrected chi connectivity index (χ4v) is 2.88. The van der Waals surface area contributed by atoms with Gasteiger partial charge in [-0.3, -0.25) is 4.79 Å². The smallest absolute Gasteiger partial charge is 0.336 e. The second kappa shape index (κ2) is 9.89. The molecule has 0 atom stereocenters. The Morgan fingerprint density at radius 3 is 2.40 bits per heavy atom. The van der Waals surface area contributed by atoms with Gasteiger partial charge in [0.2, 0.25) is 0 Å². The van der Waals surface area contributed by atoms with Gasteiger partial charge in [0.05, 0.1) is 26.4 Å². The van der Waals surface area contributed by atoms with Crippen LogP contribution in [0.4, 0.5) is 0 Å². The van der Waals surface area contributed by atoms with Crippen LogP contribution in [0.3, 0.4) is 0 Å². The predicted octanol–water partition coefficient (Wildman–Crippen LogP) is 3.24. The van der Waals surface area contributed by atoms with Crippen LogP contribution in [0.25, 0.3) is 11.4 Å². The van der Waals surface area contributed by atoms with Crippen LogP contribution in [0, 0.1) is 0 Å². The van der Waals surface area contributed by atoms with Gasteiger partial charge in [-0.1, -0.05) is 31.2 Å². The van der Waals surface area contributed by atoms with Crippen LogP contribution < -0.4 is 14.2 Å². The van der Waals surface area contributed by atoms with Crippen LogP contribution in [-0.2, 0) is 11.2 Å². The molecule has 1 heterocycles. The number of ether oxygens (including phenoxy) is 4. The van der Waals surface area contributed by atoms with Crippen molar-refractivity contribution in [1.29, 1.82) is 0 Å². The van der Waals surface area contributed by atoms with Crippen LogP contribution in [0.5, 0.6) is 17.5 Å². The molecule has 8 nitrogen and oxygen atoms in total. The summed E-state index contributed by atoms with van der Waals surface area (Å²) in [6, 6.07) is 12.9. The van der Waals surface area contributed by atoms with Crippen molar-refractivity contribution in [2.24, 2.45) is 0 Å². The summed E-state index contributed by atoms with van der Waals surface area (Å²) < 4.78 is 22.4. The van der Waals surface area contributed by atoms with Gasteiger partial charge >= 0.3 is 6.01 Å². The highest BCUT2D eigenvalue weighted by Crippen LogP contribution is 2.28. The average Bonchev–Trinajstić information content (AvgIpc) is 3.22. The number of hydrogen-bond donors (Lipinski definition) is 0. The monoisotopic (exact) mass is 411 g/mol. The summed E-state index contributed by atoms with van der Waals surface area (Å²) >= 11 is 0. The van der Waals surface area contributed by atoms with E-state index in [0.29, 0.717) is 29.5 Å². The van der Waals surface area contributed by atoms with Crippen molar-refractivity contribution < 1.29 is 23.7 Å². The van der Waals surface area contributed by atoms with E-state index in [-0.39, 0.29) is 12.6 Å². The number of aromatic nitrogens is 3. The first kappa shape index (κ1) is 21.3. The minimum atomic E-state index is -0.391. The van der Waals surface area contributed by atoms with Gasteiger partial charge in [0.15, 0.2) is 5.82 Å². The lowest BCUT2D eigenvalue weighted by Gasteiger charge is -2.10. The molecule has 0 aliphatic heterocycles. The van der Waals surface area contributed by atoms with E-state index >= 15 is 0 Å². The van der Waals surface area contributed by atoms with Crippen LogP contribution in [0.1, 0.15) is 22.8 Å². The normalized spacial score (nSPS) is 10.7. The number of carbonyl (C=O) groups is 1. The lowest BCUT2D eigenvalue weighted by atomic mass is 10.1. The third kappa shape index (κ3) is 4.60. The van der Waals surface area contributed by atoms with E-state index < -0.39 is 5.91 Å². The molecule has 3 rings (SSSR count). The van der Waals surface area contributed by atoms with E-state index in [1.165, 1.54) is 17.4 Å². The van der Waals surface area contributed by atoms with Gasteiger partial charge in [-0.15, -0.1) is 5.10 Å². The van der Waals surface area contributed by atoms with Gasteiger partial charge in [-0.2, -0.15) is 9.67 Å². The zero-order valence-electron chi connectivity index (χ0n) is 17.5. The van der Waals surface area contributed by atoms with Crippen molar-refractivity contribution in [3.05, 3.63) is 53.6 Å². The van der Waals surface area contributed by atoms with E-state index in [4.69, 9.17) is 18.9 Å². The Balaban J connectivity index is 2.04. The predicted molar refractivity (Wildman–Crippen MR) is 111 cm³/mol. The van der Waals surface area contributed by atoms with Gasteiger partial charge in [0.25, 0.3) is 5.91 Å². The zero-order valence-corrected chi connectivity index (χ0v) is 17.5. The lowest BCUT2D eigenvalue weighted by Crippen LogP contribution is -2.16. The molecular weight excluding hydrogens is 386 g/mol. The zero-order chi connectivity index (χ0) is 21.5. The highest BCUT2D eigenvalue weighted by atomic mass is 16.5. The third-order valence-electron chi connectivity index (χ3n) is 4.56. The summed E-state index contributed by atoms with van der Waals surface area (Å²) in [5.41, 5.74) is 2.27. The van der Waals surface area contributed by atoms with E-state index in [1.54, 1.807) is 32.4 Å². The number of rotatable bonds is 9. The molecule has 2 aromatic carbocycles. The quantitative estimate of drug-likeness (QED) is 0.500. The maximum Gasteiger partial charge on any atom is 0.336 e. The summed E-state index contributed by atoms with van der Waals surface area (Å²) in [4.78, 5) is 17.8. The fourth-order valence-electron chi connectivity index (χ4n) is 2.88. The molecule has 158 valence electrons. The first-order valence-electron chi connectivity index (χ1n) is 9.56. The first-order valence-corrected chi connectivity index (χ1v) is 9.56. The highest BCUT2D eigenvalue weighted by molar-refractivity contribution is 6.00. The summed E-state index contributed by atoms with van der Waals surface area (Å²) in [7, 11) is 4.63. The second-order valence-electron chi connectivity index (χ2n) is 6.39. The largest absolute Gasteiger partial charge is 0.497 e. The standard InChI is InChI=1S/C22H25N3O5/c1-5-15-6-8-16(9-7-15)20-23-22(30-13-12-27-2)24-25(20)21(26)18-11-10-17(28-3)14-19(18)29-4/h6-11,14H,5,12-13H2,1-4H3. The molecule has 0 saturated carbocycles. The second-order valence-corrected chi connectivity index (χ2v) is 6.39. The van der Waals surface area contributed by atoms with E-state index in [2.05, 4.69) is 17.0 Å². The Kier molecular flexibility index (Phi) is 7.03. The van der Waals surface area contributed by atoms with Crippen LogP contribution in [0.15, 0.2) is 42.5 Å². The molecule has 0 N–H and O–H groups in total. The average molecular weight is 411 g/mol. The van der Waals surface area contributed by atoms with Crippen molar-refractivity contribution in [3.8, 4) is 28.9 Å². The number of hydrogen-bond acceptors (Lipinski definition) is 7. The van der Waals surface area contributed by atoms with E-state index in [1.807, 2.05) is 24.3 Å². The molecular formula is C22H25N3O5. The van der Waals surface area contributed by atoms with Crippen molar-refractivity contribution in [2.75, 3.05) is 34.5 Å². The first-order chi connectivity index (χ1) is 14.6. The number of benzene rings is 2. The molecule has 0 aliphatic rings. The number of aryl methyl sites for hydroxylation is 1. The highest BCUT2D eigenvalue weighted by Gasteiger charge is 2.23. The topological polar surface area (TPSA) is 84.7 Å². The Hall–Kier alpha value is -3.39. The molecule has 0 radical (unpaired) electrons. The van der Waals surface area contributed by atoms with Gasteiger partial charge in [0, 0.05) is 18.7 Å². The van der Waals surface area contributed by atoms with E-state index in [9.17, 15) is 4.79 Å². The van der Waals surface area contributed by atoms with Crippen molar-refractivity contribution >= 4 is 5.91 Å². The van der Waals surface area contributed by atoms with Gasteiger partial charge in [-0.25, -0.2) is 0 Å². The molecule has 3 aromatic rings. The maximum absolute atomic E-state index is 13.3. The minimum absolute atomic E-state index is 0.0995. The number of carbonyl (C=O) groups excluding carboxylic acids is 1. The minimum Gasteiger partial charge on any atom is -0.497 e. The summed E-state index contributed by atoms with van der Waals surface area (Å²) in [6.45, 7) is 2.74. The third-order valence-corrected chi connectivity index (χ3v) is 4.56. The summed E-state index contributed by atoms with van der Waals surface area (Å²) in [5.74, 6) is 0.955. The molecule has 0 spiro atoms. The molecule has 0 unspecified atom stereocenters. The molecule has 0 saturated heterocycles. The molecule has 0 amide bonds. The molecule has 0 fully saturated rings. The Morgan fingerprint density at radius 1 is 1.00 bits per heavy atom. The maximum atomic E-state index is 13.3. The molecule has 30 heavy (non-hydrogen) atoms. The summed E-state index contributed by atoms with van der Waals surface area (Å²) in [6.07, 6.45) is 0.917. The van der Waals surface area contributed by atoms with Crippen LogP contribution in [-0.4, -0.2) is 55.2 Å². The van der Waals surface area contributed by atoms with Gasteiger partial charge < -0.3 is 18.9 Å². The molecule has 0 bridgehead atoms. The van der Waals surface area contributed by atoms with Crippen molar-refractivity contribution in [3.63, 3.8) is 0 Å². The van der Waals surface area contributed by atoms with Crippen LogP contribution >= 0.6 is 0 Å². The fraction of sp³-hybridized carbons (Fsp3) is 0.318. The van der Waals surface area contributed by atoms with Crippen LogP contribution in [0.2, 0.25) is 0 Å². The number of methoxy groups -OCH3 is 3. The molecule has 1 aromatic heterocycles. The Bertz CT molecular complexity index is 999. The summed E-state index contributed by atoms with van der Waals surface area (Å²) in [5, 5.41) is 4.29. The van der Waals surface area contributed by atoms with Gasteiger partial charge in [-0.05, 0) is 24.1 Å². The van der Waals surface area contributed by atoms with Crippen molar-refractivity contribution in [1.82, 2.24) is 14.8 Å². The molecule has 8 heteroatoms. The Labute approximate surface area is 175 Å². The molecule has 0 aliphatic carbocycles. The van der Waals surface area contributed by atoms with Gasteiger partial charge in [0.1, 0.15) is 18.1 Å². The number of nitrogens with zero attached hydrogens (tertiary/aromatic N) is 3. The SMILES string of the molecule is CCc1ccc(-c2nc(OCCOC)nn2C(=O)c2ccc(OC)cc2OC)cc1. The lowest BCUT2D eigenvalue weighted by molar-refractivity contribution is 0.0940. The van der Waals surface area contributed by atoms with Crippen molar-refractivity contribution in [2.45, 2.75) is 13.3 Å². The van der Waals surface area contributed by atoms with E-state index in [0.717, 1.165) is 12.0 Å². The Morgan fingerprint density at radius 2 is 1.77 bits per heavy atom.